The molecule has 5 nitrogen and oxygen atoms in total. The monoisotopic (exact) mass is 293 g/mol. The molecule has 0 spiro atoms. The Hall–Kier alpha value is -2.04. The topological polar surface area (TPSA) is 75.6 Å². The second-order valence-electron chi connectivity index (χ2n) is 5.39. The Morgan fingerprint density at radius 1 is 1.19 bits per heavy atom. The van der Waals surface area contributed by atoms with E-state index in [0.717, 1.165) is 0 Å². The minimum Gasteiger partial charge on any atom is -0.484 e. The number of aliphatic carboxylic acids is 1. The molecule has 1 atom stereocenters. The Kier molecular flexibility index (Phi) is 6.72. The van der Waals surface area contributed by atoms with Gasteiger partial charge in [-0.15, -0.1) is 0 Å². The fourth-order valence-corrected chi connectivity index (χ4v) is 1.70. The molecule has 0 bridgehead atoms. The summed E-state index contributed by atoms with van der Waals surface area (Å²) in [5.74, 6) is -0.465. The van der Waals surface area contributed by atoms with Crippen LogP contribution in [0.5, 0.6) is 5.75 Å². The highest BCUT2D eigenvalue weighted by molar-refractivity contribution is 5.77. The first-order chi connectivity index (χ1) is 9.90. The summed E-state index contributed by atoms with van der Waals surface area (Å²) < 4.78 is 5.38. The van der Waals surface area contributed by atoms with E-state index in [9.17, 15) is 9.59 Å². The van der Waals surface area contributed by atoms with E-state index in [1.165, 1.54) is 5.56 Å². The molecule has 116 valence electrons. The van der Waals surface area contributed by atoms with Crippen molar-refractivity contribution in [1.82, 2.24) is 5.32 Å². The van der Waals surface area contributed by atoms with E-state index in [0.29, 0.717) is 24.6 Å². The molecule has 0 heterocycles. The van der Waals surface area contributed by atoms with E-state index in [2.05, 4.69) is 19.2 Å². The third kappa shape index (κ3) is 6.29. The molecule has 1 aromatic rings. The lowest BCUT2D eigenvalue weighted by molar-refractivity contribution is -0.141. The number of benzene rings is 1. The van der Waals surface area contributed by atoms with Gasteiger partial charge in [-0.3, -0.25) is 9.59 Å². The van der Waals surface area contributed by atoms with Crippen LogP contribution in [0.25, 0.3) is 0 Å². The fraction of sp³-hybridized carbons (Fsp3) is 0.500. The number of carbonyl (C=O) groups excluding carboxylic acids is 1. The van der Waals surface area contributed by atoms with Crippen LogP contribution in [0, 0.1) is 5.92 Å². The van der Waals surface area contributed by atoms with Gasteiger partial charge < -0.3 is 15.2 Å². The van der Waals surface area contributed by atoms with Crippen molar-refractivity contribution in [3.05, 3.63) is 29.8 Å². The highest BCUT2D eigenvalue weighted by Gasteiger charge is 2.11. The molecule has 0 fully saturated rings. The van der Waals surface area contributed by atoms with Crippen molar-refractivity contribution in [2.24, 2.45) is 5.92 Å². The number of ether oxygens (including phenoxy) is 1. The molecule has 1 aromatic carbocycles. The SMILES string of the molecule is CC(CCNC(=O)COc1ccc(C(C)C)cc1)C(=O)O. The molecule has 0 saturated carbocycles. The van der Waals surface area contributed by atoms with Gasteiger partial charge in [-0.25, -0.2) is 0 Å². The van der Waals surface area contributed by atoms with Crippen LogP contribution in [0.4, 0.5) is 0 Å². The first kappa shape index (κ1) is 17.0. The number of rotatable bonds is 8. The summed E-state index contributed by atoms with van der Waals surface area (Å²) in [5, 5.41) is 11.4. The summed E-state index contributed by atoms with van der Waals surface area (Å²) in [6.07, 6.45) is 0.407. The number of amides is 1. The predicted molar refractivity (Wildman–Crippen MR) is 80.5 cm³/mol. The van der Waals surface area contributed by atoms with Crippen LogP contribution in [-0.4, -0.2) is 30.1 Å². The Labute approximate surface area is 125 Å². The van der Waals surface area contributed by atoms with Gasteiger partial charge in [0.05, 0.1) is 5.92 Å². The van der Waals surface area contributed by atoms with Crippen molar-refractivity contribution in [3.8, 4) is 5.75 Å². The number of hydrogen-bond donors (Lipinski definition) is 2. The fourth-order valence-electron chi connectivity index (χ4n) is 1.70. The van der Waals surface area contributed by atoms with Crippen molar-refractivity contribution >= 4 is 11.9 Å². The maximum Gasteiger partial charge on any atom is 0.306 e. The molecule has 5 heteroatoms. The molecule has 2 N–H and O–H groups in total. The summed E-state index contributed by atoms with van der Waals surface area (Å²) in [6.45, 7) is 6.11. The second kappa shape index (κ2) is 8.29. The molecular formula is C16H23NO4. The summed E-state index contributed by atoms with van der Waals surface area (Å²) in [6, 6.07) is 7.64. The minimum atomic E-state index is -0.856. The highest BCUT2D eigenvalue weighted by atomic mass is 16.5. The minimum absolute atomic E-state index is 0.0670. The molecular weight excluding hydrogens is 270 g/mol. The first-order valence-corrected chi connectivity index (χ1v) is 7.12. The summed E-state index contributed by atoms with van der Waals surface area (Å²) in [4.78, 5) is 22.2. The van der Waals surface area contributed by atoms with E-state index in [1.807, 2.05) is 24.3 Å². The molecule has 1 unspecified atom stereocenters. The van der Waals surface area contributed by atoms with E-state index < -0.39 is 11.9 Å². The Morgan fingerprint density at radius 3 is 2.33 bits per heavy atom. The second-order valence-corrected chi connectivity index (χ2v) is 5.39. The maximum absolute atomic E-state index is 11.6. The number of carboxylic acid groups (broad SMARTS) is 1. The molecule has 0 saturated heterocycles. The Morgan fingerprint density at radius 2 is 1.81 bits per heavy atom. The van der Waals surface area contributed by atoms with E-state index >= 15 is 0 Å². The maximum atomic E-state index is 11.6. The van der Waals surface area contributed by atoms with Crippen LogP contribution in [0.3, 0.4) is 0 Å². The third-order valence-electron chi connectivity index (χ3n) is 3.24. The molecule has 0 aromatic heterocycles. The lowest BCUT2D eigenvalue weighted by Crippen LogP contribution is -2.31. The predicted octanol–water partition coefficient (Wildman–Crippen LogP) is 2.42. The van der Waals surface area contributed by atoms with Gasteiger partial charge in [0.1, 0.15) is 5.75 Å². The van der Waals surface area contributed by atoms with E-state index in [4.69, 9.17) is 9.84 Å². The van der Waals surface area contributed by atoms with Crippen molar-refractivity contribution in [1.29, 1.82) is 0 Å². The summed E-state index contributed by atoms with van der Waals surface area (Å²) >= 11 is 0. The van der Waals surface area contributed by atoms with Gasteiger partial charge in [-0.1, -0.05) is 32.9 Å². The zero-order valence-corrected chi connectivity index (χ0v) is 12.8. The number of hydrogen-bond acceptors (Lipinski definition) is 3. The number of carbonyl (C=O) groups is 2. The summed E-state index contributed by atoms with van der Waals surface area (Å²) in [5.41, 5.74) is 1.22. The Bertz CT molecular complexity index is 468. The molecule has 0 aliphatic rings. The van der Waals surface area contributed by atoms with Crippen molar-refractivity contribution < 1.29 is 19.4 Å². The van der Waals surface area contributed by atoms with Crippen molar-refractivity contribution in [2.75, 3.05) is 13.2 Å². The number of nitrogens with one attached hydrogen (secondary N) is 1. The van der Waals surface area contributed by atoms with Crippen LogP contribution in [0.15, 0.2) is 24.3 Å². The van der Waals surface area contributed by atoms with E-state index in [1.54, 1.807) is 6.92 Å². The standard InChI is InChI=1S/C16H23NO4/c1-11(2)13-4-6-14(7-5-13)21-10-15(18)17-9-8-12(3)16(19)20/h4-7,11-12H,8-10H2,1-3H3,(H,17,18)(H,19,20). The molecule has 1 rings (SSSR count). The first-order valence-electron chi connectivity index (χ1n) is 7.12. The molecule has 0 aliphatic carbocycles. The van der Waals surface area contributed by atoms with Gasteiger partial charge in [0.15, 0.2) is 6.61 Å². The van der Waals surface area contributed by atoms with Crippen LogP contribution in [0.1, 0.15) is 38.7 Å². The van der Waals surface area contributed by atoms with Crippen molar-refractivity contribution in [2.45, 2.75) is 33.1 Å². The third-order valence-corrected chi connectivity index (χ3v) is 3.24. The molecule has 0 radical (unpaired) electrons. The highest BCUT2D eigenvalue weighted by Crippen LogP contribution is 2.18. The molecule has 0 aliphatic heterocycles. The lowest BCUT2D eigenvalue weighted by Gasteiger charge is -2.10. The summed E-state index contributed by atoms with van der Waals surface area (Å²) in [7, 11) is 0. The normalized spacial score (nSPS) is 12.0. The van der Waals surface area contributed by atoms with Crippen molar-refractivity contribution in [3.63, 3.8) is 0 Å². The average Bonchev–Trinajstić information content (AvgIpc) is 2.45. The zero-order chi connectivity index (χ0) is 15.8. The lowest BCUT2D eigenvalue weighted by atomic mass is 10.0. The van der Waals surface area contributed by atoms with Gasteiger partial charge in [0.2, 0.25) is 0 Å². The smallest absolute Gasteiger partial charge is 0.306 e. The molecule has 21 heavy (non-hydrogen) atoms. The largest absolute Gasteiger partial charge is 0.484 e. The van der Waals surface area contributed by atoms with Crippen LogP contribution >= 0.6 is 0 Å². The number of carboxylic acids is 1. The zero-order valence-electron chi connectivity index (χ0n) is 12.8. The van der Waals surface area contributed by atoms with Gasteiger partial charge in [-0.2, -0.15) is 0 Å². The van der Waals surface area contributed by atoms with Crippen LogP contribution < -0.4 is 10.1 Å². The van der Waals surface area contributed by atoms with Crippen LogP contribution in [0.2, 0.25) is 0 Å². The van der Waals surface area contributed by atoms with Gasteiger partial charge >= 0.3 is 5.97 Å². The van der Waals surface area contributed by atoms with Crippen LogP contribution in [-0.2, 0) is 9.59 Å². The quantitative estimate of drug-likeness (QED) is 0.772. The van der Waals surface area contributed by atoms with Gasteiger partial charge in [0, 0.05) is 6.54 Å². The Balaban J connectivity index is 2.28. The van der Waals surface area contributed by atoms with E-state index in [-0.39, 0.29) is 12.5 Å². The average molecular weight is 293 g/mol. The van der Waals surface area contributed by atoms with Gasteiger partial charge in [-0.05, 0) is 30.0 Å². The molecule has 1 amide bonds. The van der Waals surface area contributed by atoms with Gasteiger partial charge in [0.25, 0.3) is 5.91 Å².